The van der Waals surface area contributed by atoms with Gasteiger partial charge in [-0.25, -0.2) is 0 Å². The Morgan fingerprint density at radius 3 is 2.10 bits per heavy atom. The first-order chi connectivity index (χ1) is 24.1. The number of nitrogens with zero attached hydrogens (tertiary/aromatic N) is 2. The molecular weight excluding hydrogens is 593 g/mol. The molecule has 0 saturated heterocycles. The van der Waals surface area contributed by atoms with Crippen LogP contribution >= 0.6 is 0 Å². The van der Waals surface area contributed by atoms with Crippen molar-refractivity contribution in [2.24, 2.45) is 11.8 Å². The number of hydrogen-bond acceptors (Lipinski definition) is 2. The molecule has 0 radical (unpaired) electrons. The minimum atomic E-state index is -0.178. The van der Waals surface area contributed by atoms with E-state index in [-0.39, 0.29) is 11.5 Å². The molecule has 3 unspecified atom stereocenters. The van der Waals surface area contributed by atoms with E-state index in [9.17, 15) is 0 Å². The smallest absolute Gasteiger partial charge is 0.0556 e. The van der Waals surface area contributed by atoms with Crippen molar-refractivity contribution in [1.29, 1.82) is 0 Å². The van der Waals surface area contributed by atoms with Crippen molar-refractivity contribution in [3.63, 3.8) is 0 Å². The predicted octanol–water partition coefficient (Wildman–Crippen LogP) is 12.1. The first-order valence-electron chi connectivity index (χ1n) is 17.6. The standard InChI is InChI=1S/C47H40N2/c1-47(2)43-31-37(48(35-19-5-3-6-20-35)45-25-13-17-33-15-9-11-23-39(33)45)27-29-41(43)42-30-28-38(32-44(42)47)49(36-21-7-4-8-22-36)46-26-14-18-34-16-10-12-24-40(34)46/h3-21,23-32,34,36,40H,22H2,1-2H3. The lowest BCUT2D eigenvalue weighted by Crippen LogP contribution is -2.38. The molecule has 49 heavy (non-hydrogen) atoms. The van der Waals surface area contributed by atoms with Gasteiger partial charge in [0.25, 0.3) is 0 Å². The molecule has 4 aliphatic carbocycles. The summed E-state index contributed by atoms with van der Waals surface area (Å²) >= 11 is 0. The second kappa shape index (κ2) is 11.8. The fraction of sp³-hybridized carbons (Fsp3) is 0.149. The summed E-state index contributed by atoms with van der Waals surface area (Å²) in [6.07, 6.45) is 26.0. The molecule has 0 fully saturated rings. The Hall–Kier alpha value is -5.60. The average molecular weight is 633 g/mol. The number of para-hydroxylation sites is 1. The van der Waals surface area contributed by atoms with E-state index in [1.165, 1.54) is 55.8 Å². The van der Waals surface area contributed by atoms with Crippen molar-refractivity contribution in [3.05, 3.63) is 193 Å². The molecule has 0 heterocycles. The van der Waals surface area contributed by atoms with Gasteiger partial charge in [0.2, 0.25) is 0 Å². The summed E-state index contributed by atoms with van der Waals surface area (Å²) in [5.74, 6) is 0.715. The Morgan fingerprint density at radius 1 is 0.592 bits per heavy atom. The molecule has 0 N–H and O–H groups in total. The van der Waals surface area contributed by atoms with Gasteiger partial charge in [0.15, 0.2) is 0 Å². The highest BCUT2D eigenvalue weighted by atomic mass is 15.2. The molecule has 2 heteroatoms. The molecule has 5 aromatic rings. The van der Waals surface area contributed by atoms with E-state index in [1.54, 1.807) is 0 Å². The fourth-order valence-electron chi connectivity index (χ4n) is 8.44. The van der Waals surface area contributed by atoms with Gasteiger partial charge in [0.1, 0.15) is 0 Å². The number of benzene rings is 5. The Balaban J connectivity index is 1.15. The minimum Gasteiger partial charge on any atom is -0.337 e. The molecule has 0 aliphatic heterocycles. The summed E-state index contributed by atoms with van der Waals surface area (Å²) in [6.45, 7) is 4.80. The van der Waals surface area contributed by atoms with E-state index in [0.29, 0.717) is 11.8 Å². The first-order valence-corrected chi connectivity index (χ1v) is 17.6. The summed E-state index contributed by atoms with van der Waals surface area (Å²) in [6, 6.07) is 40.6. The zero-order valence-corrected chi connectivity index (χ0v) is 28.1. The number of rotatable bonds is 6. The van der Waals surface area contributed by atoms with Gasteiger partial charge in [-0.2, -0.15) is 0 Å². The molecule has 3 atom stereocenters. The molecule has 238 valence electrons. The zero-order valence-electron chi connectivity index (χ0n) is 28.1. The van der Waals surface area contributed by atoms with Crippen LogP contribution < -0.4 is 9.80 Å². The highest BCUT2D eigenvalue weighted by molar-refractivity contribution is 5.99. The van der Waals surface area contributed by atoms with E-state index in [1.807, 2.05) is 0 Å². The minimum absolute atomic E-state index is 0.178. The Labute approximate surface area is 290 Å². The maximum atomic E-state index is 2.60. The largest absolute Gasteiger partial charge is 0.337 e. The van der Waals surface area contributed by atoms with Crippen molar-refractivity contribution in [2.45, 2.75) is 31.7 Å². The topological polar surface area (TPSA) is 6.48 Å². The van der Waals surface area contributed by atoms with Gasteiger partial charge >= 0.3 is 0 Å². The number of allylic oxidation sites excluding steroid dienone is 9. The summed E-state index contributed by atoms with van der Waals surface area (Å²) < 4.78 is 0. The van der Waals surface area contributed by atoms with Crippen LogP contribution in [0.4, 0.5) is 22.7 Å². The van der Waals surface area contributed by atoms with Gasteiger partial charge in [-0.1, -0.05) is 141 Å². The quantitative estimate of drug-likeness (QED) is 0.184. The SMILES string of the molecule is CC1(C)c2cc(N(c3ccccc3)c3cccc4ccccc34)ccc2-c2ccc(N(C3=CC=CC4C=CC=CC34)C3C=CC=CC3)cc21. The predicted molar refractivity (Wildman–Crippen MR) is 208 cm³/mol. The lowest BCUT2D eigenvalue weighted by molar-refractivity contribution is 0.577. The van der Waals surface area contributed by atoms with Crippen molar-refractivity contribution >= 4 is 33.5 Å². The van der Waals surface area contributed by atoms with E-state index in [4.69, 9.17) is 0 Å². The second-order valence-corrected chi connectivity index (χ2v) is 14.1. The summed E-state index contributed by atoms with van der Waals surface area (Å²) in [5.41, 5.74) is 11.4. The molecule has 9 rings (SSSR count). The van der Waals surface area contributed by atoms with Gasteiger partial charge < -0.3 is 9.80 Å². The zero-order chi connectivity index (χ0) is 33.0. The van der Waals surface area contributed by atoms with Crippen LogP contribution in [-0.4, -0.2) is 6.04 Å². The van der Waals surface area contributed by atoms with Crippen molar-refractivity contribution in [2.75, 3.05) is 9.80 Å². The number of fused-ring (bicyclic) bond motifs is 5. The molecule has 0 bridgehead atoms. The summed E-state index contributed by atoms with van der Waals surface area (Å²) in [7, 11) is 0. The summed E-state index contributed by atoms with van der Waals surface area (Å²) in [4.78, 5) is 5.02. The normalized spacial score (nSPS) is 20.9. The molecule has 0 amide bonds. The number of hydrogen-bond donors (Lipinski definition) is 0. The highest BCUT2D eigenvalue weighted by Gasteiger charge is 2.38. The fourth-order valence-corrected chi connectivity index (χ4v) is 8.44. The number of anilines is 4. The van der Waals surface area contributed by atoms with Crippen LogP contribution in [0, 0.1) is 11.8 Å². The Morgan fingerprint density at radius 2 is 1.29 bits per heavy atom. The van der Waals surface area contributed by atoms with E-state index >= 15 is 0 Å². The van der Waals surface area contributed by atoms with Crippen LogP contribution in [0.15, 0.2) is 182 Å². The maximum Gasteiger partial charge on any atom is 0.0556 e. The molecule has 2 nitrogen and oxygen atoms in total. The van der Waals surface area contributed by atoms with Crippen LogP contribution in [0.3, 0.4) is 0 Å². The van der Waals surface area contributed by atoms with Gasteiger partial charge in [-0.05, 0) is 82.6 Å². The van der Waals surface area contributed by atoms with Gasteiger partial charge in [0, 0.05) is 45.4 Å². The molecular formula is C47H40N2. The van der Waals surface area contributed by atoms with Crippen LogP contribution in [-0.2, 0) is 5.41 Å². The van der Waals surface area contributed by atoms with Crippen molar-refractivity contribution in [1.82, 2.24) is 0 Å². The Kier molecular flexibility index (Phi) is 7.13. The van der Waals surface area contributed by atoms with Crippen LogP contribution in [0.1, 0.15) is 31.4 Å². The van der Waals surface area contributed by atoms with Crippen molar-refractivity contribution < 1.29 is 0 Å². The van der Waals surface area contributed by atoms with Gasteiger partial charge in [0.05, 0.1) is 11.7 Å². The molecule has 0 spiro atoms. The van der Waals surface area contributed by atoms with E-state index in [2.05, 4.69) is 200 Å². The molecule has 5 aromatic carbocycles. The molecule has 0 aromatic heterocycles. The lowest BCUT2D eigenvalue weighted by atomic mass is 9.80. The molecule has 4 aliphatic rings. The monoisotopic (exact) mass is 632 g/mol. The van der Waals surface area contributed by atoms with E-state index < -0.39 is 0 Å². The average Bonchev–Trinajstić information content (AvgIpc) is 3.38. The Bertz CT molecular complexity index is 2260. The van der Waals surface area contributed by atoms with Crippen LogP contribution in [0.5, 0.6) is 0 Å². The van der Waals surface area contributed by atoms with Crippen molar-refractivity contribution in [3.8, 4) is 11.1 Å². The highest BCUT2D eigenvalue weighted by Crippen LogP contribution is 2.52. The molecule has 0 saturated carbocycles. The van der Waals surface area contributed by atoms with Gasteiger partial charge in [-0.15, -0.1) is 0 Å². The third kappa shape index (κ3) is 4.94. The maximum absolute atomic E-state index is 2.60. The third-order valence-corrected chi connectivity index (χ3v) is 10.9. The van der Waals surface area contributed by atoms with Crippen LogP contribution in [0.25, 0.3) is 21.9 Å². The first kappa shape index (κ1) is 29.5. The van der Waals surface area contributed by atoms with Crippen LogP contribution in [0.2, 0.25) is 0 Å². The lowest BCUT2D eigenvalue weighted by Gasteiger charge is -2.40. The summed E-state index contributed by atoms with van der Waals surface area (Å²) in [5, 5.41) is 2.48. The van der Waals surface area contributed by atoms with Gasteiger partial charge in [-0.3, -0.25) is 0 Å². The third-order valence-electron chi connectivity index (χ3n) is 10.9. The van der Waals surface area contributed by atoms with E-state index in [0.717, 1.165) is 12.1 Å². The second-order valence-electron chi connectivity index (χ2n) is 14.1.